The number of hydrogen-bond acceptors (Lipinski definition) is 4. The van der Waals surface area contributed by atoms with Gasteiger partial charge in [0, 0.05) is 11.3 Å². The lowest BCUT2D eigenvalue weighted by molar-refractivity contribution is -0.150. The monoisotopic (exact) mass is 334 g/mol. The van der Waals surface area contributed by atoms with Gasteiger partial charge in [-0.3, -0.25) is 0 Å². The van der Waals surface area contributed by atoms with E-state index in [0.29, 0.717) is 22.1 Å². The molecule has 2 rings (SSSR count). The zero-order valence-electron chi connectivity index (χ0n) is 14.0. The number of nitrogens with one attached hydrogen (secondary N) is 2. The summed E-state index contributed by atoms with van der Waals surface area (Å²) in [6.07, 6.45) is 0. The highest BCUT2D eigenvalue weighted by molar-refractivity contribution is 7.80. The molecule has 1 aliphatic heterocycles. The second kappa shape index (κ2) is 6.58. The lowest BCUT2D eigenvalue weighted by atomic mass is 9.94. The van der Waals surface area contributed by atoms with E-state index in [1.165, 1.54) is 0 Å². The topological polar surface area (TPSA) is 59.6 Å². The Hall–Kier alpha value is -2.08. The summed E-state index contributed by atoms with van der Waals surface area (Å²) in [5, 5.41) is 6.59. The number of rotatable bonds is 3. The molecule has 0 fully saturated rings. The molecule has 0 saturated heterocycles. The minimum absolute atomic E-state index is 0.381. The molecule has 0 unspecified atom stereocenters. The average molecular weight is 334 g/mol. The Morgan fingerprint density at radius 1 is 1.26 bits per heavy atom. The Bertz CT molecular complexity index is 662. The molecule has 1 aromatic rings. The number of allylic oxidation sites excluding steroid dienone is 1. The number of esters is 1. The van der Waals surface area contributed by atoms with Crippen LogP contribution in [0.1, 0.15) is 39.3 Å². The van der Waals surface area contributed by atoms with Gasteiger partial charge in [-0.2, -0.15) is 0 Å². The molecule has 6 heteroatoms. The van der Waals surface area contributed by atoms with Gasteiger partial charge >= 0.3 is 5.97 Å². The smallest absolute Gasteiger partial charge is 0.338 e. The van der Waals surface area contributed by atoms with Gasteiger partial charge in [-0.25, -0.2) is 4.79 Å². The van der Waals surface area contributed by atoms with E-state index in [2.05, 4.69) is 10.6 Å². The van der Waals surface area contributed by atoms with E-state index >= 15 is 0 Å². The zero-order valence-corrected chi connectivity index (χ0v) is 14.8. The van der Waals surface area contributed by atoms with Crippen molar-refractivity contribution in [1.82, 2.24) is 10.6 Å². The van der Waals surface area contributed by atoms with Crippen LogP contribution in [0.15, 0.2) is 35.5 Å². The summed E-state index contributed by atoms with van der Waals surface area (Å²) in [5.41, 5.74) is 1.43. The maximum absolute atomic E-state index is 12.7. The fourth-order valence-corrected chi connectivity index (χ4v) is 2.71. The van der Waals surface area contributed by atoms with Crippen LogP contribution in [0.25, 0.3) is 0 Å². The molecule has 0 aliphatic carbocycles. The number of carbonyl (C=O) groups is 1. The molecule has 2 N–H and O–H groups in total. The molecular weight excluding hydrogens is 312 g/mol. The van der Waals surface area contributed by atoms with E-state index in [1.807, 2.05) is 52.0 Å². The van der Waals surface area contributed by atoms with Crippen LogP contribution < -0.4 is 15.4 Å². The SMILES string of the molecule is COc1ccccc1[C@H]1NC(=S)NC(C)=C1C(=O)OC(C)(C)C. The first kappa shape index (κ1) is 17.3. The minimum atomic E-state index is -0.576. The van der Waals surface area contributed by atoms with Crippen LogP contribution >= 0.6 is 12.2 Å². The van der Waals surface area contributed by atoms with E-state index in [1.54, 1.807) is 7.11 Å². The van der Waals surface area contributed by atoms with Gasteiger partial charge < -0.3 is 20.1 Å². The standard InChI is InChI=1S/C17H22N2O3S/c1-10-13(15(20)22-17(2,3)4)14(19-16(23)18-10)11-8-6-7-9-12(11)21-5/h6-9,14H,1-5H3,(H2,18,19,23)/t14-/m1/s1. The largest absolute Gasteiger partial charge is 0.496 e. The van der Waals surface area contributed by atoms with Crippen molar-refractivity contribution in [3.8, 4) is 5.75 Å². The van der Waals surface area contributed by atoms with Crippen molar-refractivity contribution < 1.29 is 14.3 Å². The summed E-state index contributed by atoms with van der Waals surface area (Å²) in [5.74, 6) is 0.303. The molecule has 1 atom stereocenters. The van der Waals surface area contributed by atoms with E-state index in [9.17, 15) is 4.79 Å². The summed E-state index contributed by atoms with van der Waals surface area (Å²) in [6, 6.07) is 7.11. The van der Waals surface area contributed by atoms with Crippen molar-refractivity contribution in [3.05, 3.63) is 41.1 Å². The first-order valence-corrected chi connectivity index (χ1v) is 7.78. The zero-order chi connectivity index (χ0) is 17.2. The third-order valence-corrected chi connectivity index (χ3v) is 3.56. The second-order valence-corrected chi connectivity index (χ2v) is 6.72. The van der Waals surface area contributed by atoms with Gasteiger partial charge in [-0.1, -0.05) is 18.2 Å². The summed E-state index contributed by atoms with van der Waals surface area (Å²) >= 11 is 5.24. The van der Waals surface area contributed by atoms with E-state index in [4.69, 9.17) is 21.7 Å². The highest BCUT2D eigenvalue weighted by Gasteiger charge is 2.34. The first-order valence-electron chi connectivity index (χ1n) is 7.37. The van der Waals surface area contributed by atoms with Crippen LogP contribution in [-0.4, -0.2) is 23.8 Å². The van der Waals surface area contributed by atoms with Gasteiger partial charge in [0.15, 0.2) is 5.11 Å². The molecule has 5 nitrogen and oxygen atoms in total. The second-order valence-electron chi connectivity index (χ2n) is 6.31. The van der Waals surface area contributed by atoms with Crippen LogP contribution in [-0.2, 0) is 9.53 Å². The number of para-hydroxylation sites is 1. The van der Waals surface area contributed by atoms with E-state index in [-0.39, 0.29) is 5.97 Å². The van der Waals surface area contributed by atoms with E-state index in [0.717, 1.165) is 5.56 Å². The number of methoxy groups -OCH3 is 1. The number of carbonyl (C=O) groups excluding carboxylic acids is 1. The molecule has 0 radical (unpaired) electrons. The minimum Gasteiger partial charge on any atom is -0.496 e. The van der Waals surface area contributed by atoms with Crippen molar-refractivity contribution in [3.63, 3.8) is 0 Å². The maximum Gasteiger partial charge on any atom is 0.338 e. The van der Waals surface area contributed by atoms with Gasteiger partial charge in [-0.15, -0.1) is 0 Å². The number of thiocarbonyl (C=S) groups is 1. The summed E-state index contributed by atoms with van der Waals surface area (Å²) in [4.78, 5) is 12.7. The molecule has 0 bridgehead atoms. The Kier molecular flexibility index (Phi) is 4.94. The Morgan fingerprint density at radius 2 is 1.91 bits per heavy atom. The number of benzene rings is 1. The predicted molar refractivity (Wildman–Crippen MR) is 93.1 cm³/mol. The number of hydrogen-bond donors (Lipinski definition) is 2. The normalized spacial score (nSPS) is 18.1. The lowest BCUT2D eigenvalue weighted by Crippen LogP contribution is -2.46. The van der Waals surface area contributed by atoms with Crippen LogP contribution in [0.3, 0.4) is 0 Å². The van der Waals surface area contributed by atoms with Crippen LogP contribution in [0, 0.1) is 0 Å². The van der Waals surface area contributed by atoms with Crippen LogP contribution in [0.2, 0.25) is 0 Å². The fourth-order valence-electron chi connectivity index (χ4n) is 2.44. The Labute approximate surface area is 142 Å². The highest BCUT2D eigenvalue weighted by Crippen LogP contribution is 2.33. The van der Waals surface area contributed by atoms with Crippen molar-refractivity contribution in [2.24, 2.45) is 0 Å². The van der Waals surface area contributed by atoms with E-state index < -0.39 is 11.6 Å². The van der Waals surface area contributed by atoms with Gasteiger partial charge in [0.05, 0.1) is 18.7 Å². The molecule has 124 valence electrons. The molecule has 23 heavy (non-hydrogen) atoms. The fraction of sp³-hybridized carbons (Fsp3) is 0.412. The summed E-state index contributed by atoms with van der Waals surface area (Å²) < 4.78 is 11.0. The molecule has 1 aliphatic rings. The molecule has 0 aromatic heterocycles. The van der Waals surface area contributed by atoms with Crippen LogP contribution in [0.5, 0.6) is 5.75 Å². The molecule has 0 amide bonds. The predicted octanol–water partition coefficient (Wildman–Crippen LogP) is 2.83. The van der Waals surface area contributed by atoms with Gasteiger partial charge in [0.1, 0.15) is 11.4 Å². The maximum atomic E-state index is 12.7. The molecule has 0 saturated carbocycles. The van der Waals surface area contributed by atoms with Crippen molar-refractivity contribution in [1.29, 1.82) is 0 Å². The Balaban J connectivity index is 2.48. The van der Waals surface area contributed by atoms with Crippen molar-refractivity contribution in [2.45, 2.75) is 39.3 Å². The third-order valence-electron chi connectivity index (χ3n) is 3.34. The van der Waals surface area contributed by atoms with Gasteiger partial charge in [0.2, 0.25) is 0 Å². The molecule has 1 aromatic carbocycles. The molecule has 0 spiro atoms. The highest BCUT2D eigenvalue weighted by atomic mass is 32.1. The number of ether oxygens (including phenoxy) is 2. The molecule has 1 heterocycles. The van der Waals surface area contributed by atoms with Gasteiger partial charge in [-0.05, 0) is 46.0 Å². The Morgan fingerprint density at radius 3 is 2.52 bits per heavy atom. The quantitative estimate of drug-likeness (QED) is 0.655. The van der Waals surface area contributed by atoms with Gasteiger partial charge in [0.25, 0.3) is 0 Å². The van der Waals surface area contributed by atoms with Crippen molar-refractivity contribution in [2.75, 3.05) is 7.11 Å². The van der Waals surface area contributed by atoms with Crippen LogP contribution in [0.4, 0.5) is 0 Å². The average Bonchev–Trinajstić information content (AvgIpc) is 2.44. The summed E-state index contributed by atoms with van der Waals surface area (Å²) in [6.45, 7) is 7.34. The summed E-state index contributed by atoms with van der Waals surface area (Å²) in [7, 11) is 1.60. The first-order chi connectivity index (χ1) is 10.7. The van der Waals surface area contributed by atoms with Crippen molar-refractivity contribution >= 4 is 23.3 Å². The molecular formula is C17H22N2O3S. The lowest BCUT2D eigenvalue weighted by Gasteiger charge is -2.32. The third kappa shape index (κ3) is 4.01.